The molecular formula is C31H30FNO5. The predicted molar refractivity (Wildman–Crippen MR) is 141 cm³/mol. The highest BCUT2D eigenvalue weighted by molar-refractivity contribution is 5.77. The Kier molecular flexibility index (Phi) is 8.69. The molecule has 1 atom stereocenters. The van der Waals surface area contributed by atoms with Crippen molar-refractivity contribution in [3.05, 3.63) is 112 Å². The highest BCUT2D eigenvalue weighted by Gasteiger charge is 2.21. The lowest BCUT2D eigenvalue weighted by molar-refractivity contribution is -0.148. The molecule has 1 heterocycles. The fourth-order valence-electron chi connectivity index (χ4n) is 4.24. The topological polar surface area (TPSA) is 78.6 Å². The predicted octanol–water partition coefficient (Wildman–Crippen LogP) is 6.33. The number of carbonyl (C=O) groups is 2. The highest BCUT2D eigenvalue weighted by Crippen LogP contribution is 2.29. The molecule has 0 aliphatic rings. The third-order valence-corrected chi connectivity index (χ3v) is 6.26. The summed E-state index contributed by atoms with van der Waals surface area (Å²) in [6, 6.07) is 22.0. The molecule has 0 spiro atoms. The Bertz CT molecular complexity index is 1390. The van der Waals surface area contributed by atoms with Crippen LogP contribution in [0.1, 0.15) is 53.5 Å². The van der Waals surface area contributed by atoms with Gasteiger partial charge in [-0.25, -0.2) is 4.39 Å². The zero-order valence-corrected chi connectivity index (χ0v) is 21.7. The SMILES string of the molecule is CCOC(=O)Cc1ccc(Cc2ccc(-c3onc(C)c3CC(=O)O[C@H](C)c3ccccc3F)cc2)cc1. The zero-order valence-electron chi connectivity index (χ0n) is 21.7. The maximum Gasteiger partial charge on any atom is 0.311 e. The second-order valence-electron chi connectivity index (χ2n) is 9.08. The van der Waals surface area contributed by atoms with Gasteiger partial charge in [-0.3, -0.25) is 9.59 Å². The Labute approximate surface area is 221 Å². The van der Waals surface area contributed by atoms with Crippen LogP contribution in [-0.2, 0) is 38.3 Å². The van der Waals surface area contributed by atoms with Crippen molar-refractivity contribution >= 4 is 11.9 Å². The minimum atomic E-state index is -0.717. The molecule has 0 unspecified atom stereocenters. The molecule has 6 nitrogen and oxygen atoms in total. The zero-order chi connectivity index (χ0) is 27.1. The van der Waals surface area contributed by atoms with Crippen molar-refractivity contribution < 1.29 is 28.0 Å². The third kappa shape index (κ3) is 6.73. The number of ether oxygens (including phenoxy) is 2. The first-order valence-corrected chi connectivity index (χ1v) is 12.6. The van der Waals surface area contributed by atoms with Crippen LogP contribution in [0.4, 0.5) is 4.39 Å². The molecular weight excluding hydrogens is 485 g/mol. The van der Waals surface area contributed by atoms with E-state index in [9.17, 15) is 14.0 Å². The number of nitrogens with zero attached hydrogens (tertiary/aromatic N) is 1. The number of benzene rings is 3. The fourth-order valence-corrected chi connectivity index (χ4v) is 4.24. The molecule has 0 N–H and O–H groups in total. The lowest BCUT2D eigenvalue weighted by Gasteiger charge is -2.14. The average Bonchev–Trinajstić information content (AvgIpc) is 3.25. The number of aromatic nitrogens is 1. The third-order valence-electron chi connectivity index (χ3n) is 6.26. The molecule has 0 radical (unpaired) electrons. The van der Waals surface area contributed by atoms with Gasteiger partial charge in [-0.05, 0) is 49.9 Å². The summed E-state index contributed by atoms with van der Waals surface area (Å²) in [4.78, 5) is 24.3. The van der Waals surface area contributed by atoms with Gasteiger partial charge in [0.15, 0.2) is 5.76 Å². The molecule has 0 aliphatic heterocycles. The normalized spacial score (nSPS) is 11.7. The van der Waals surface area contributed by atoms with Crippen molar-refractivity contribution in [2.75, 3.05) is 6.61 Å². The van der Waals surface area contributed by atoms with Gasteiger partial charge in [-0.2, -0.15) is 0 Å². The van der Waals surface area contributed by atoms with E-state index in [1.54, 1.807) is 39.0 Å². The Morgan fingerprint density at radius 3 is 2.18 bits per heavy atom. The van der Waals surface area contributed by atoms with E-state index in [4.69, 9.17) is 14.0 Å². The lowest BCUT2D eigenvalue weighted by atomic mass is 9.99. The van der Waals surface area contributed by atoms with Crippen LogP contribution in [-0.4, -0.2) is 23.7 Å². The minimum absolute atomic E-state index is 0.0383. The summed E-state index contributed by atoms with van der Waals surface area (Å²) in [6.45, 7) is 5.59. The van der Waals surface area contributed by atoms with E-state index in [1.807, 2.05) is 48.5 Å². The largest absolute Gasteiger partial charge is 0.466 e. The Morgan fingerprint density at radius 1 is 0.895 bits per heavy atom. The van der Waals surface area contributed by atoms with E-state index in [2.05, 4.69) is 5.16 Å². The van der Waals surface area contributed by atoms with E-state index in [-0.39, 0.29) is 18.8 Å². The van der Waals surface area contributed by atoms with Crippen molar-refractivity contribution in [3.8, 4) is 11.3 Å². The summed E-state index contributed by atoms with van der Waals surface area (Å²) in [5, 5.41) is 4.05. The molecule has 1 aromatic heterocycles. The molecule has 0 saturated carbocycles. The van der Waals surface area contributed by atoms with Crippen LogP contribution in [0.3, 0.4) is 0 Å². The average molecular weight is 516 g/mol. The Balaban J connectivity index is 1.40. The molecule has 0 amide bonds. The van der Waals surface area contributed by atoms with E-state index in [1.165, 1.54) is 6.07 Å². The van der Waals surface area contributed by atoms with Crippen LogP contribution < -0.4 is 0 Å². The van der Waals surface area contributed by atoms with E-state index < -0.39 is 17.9 Å². The highest BCUT2D eigenvalue weighted by atomic mass is 19.1. The van der Waals surface area contributed by atoms with Crippen LogP contribution in [0.25, 0.3) is 11.3 Å². The molecule has 4 aromatic rings. The second-order valence-corrected chi connectivity index (χ2v) is 9.08. The minimum Gasteiger partial charge on any atom is -0.466 e. The smallest absolute Gasteiger partial charge is 0.311 e. The summed E-state index contributed by atoms with van der Waals surface area (Å²) in [7, 11) is 0. The number of halogens is 1. The lowest BCUT2D eigenvalue weighted by Crippen LogP contribution is -2.13. The van der Waals surface area contributed by atoms with Gasteiger partial charge in [0.25, 0.3) is 0 Å². The van der Waals surface area contributed by atoms with Crippen LogP contribution in [0.2, 0.25) is 0 Å². The maximum atomic E-state index is 14.0. The number of carbonyl (C=O) groups excluding carboxylic acids is 2. The molecule has 7 heteroatoms. The van der Waals surface area contributed by atoms with E-state index in [0.29, 0.717) is 29.2 Å². The van der Waals surface area contributed by atoms with Gasteiger partial charge in [0.05, 0.1) is 25.1 Å². The first-order chi connectivity index (χ1) is 18.3. The van der Waals surface area contributed by atoms with Crippen LogP contribution in [0.5, 0.6) is 0 Å². The first-order valence-electron chi connectivity index (χ1n) is 12.6. The van der Waals surface area contributed by atoms with E-state index >= 15 is 0 Å². The molecule has 0 aliphatic carbocycles. The Hall–Kier alpha value is -4.26. The van der Waals surface area contributed by atoms with Crippen molar-refractivity contribution in [2.45, 2.75) is 46.1 Å². The van der Waals surface area contributed by atoms with Crippen LogP contribution >= 0.6 is 0 Å². The number of esters is 2. The molecule has 4 rings (SSSR count). The van der Waals surface area contributed by atoms with Crippen molar-refractivity contribution in [1.82, 2.24) is 5.16 Å². The number of aryl methyl sites for hydroxylation is 1. The van der Waals surface area contributed by atoms with Gasteiger partial charge in [0.1, 0.15) is 11.9 Å². The second kappa shape index (κ2) is 12.3. The van der Waals surface area contributed by atoms with E-state index in [0.717, 1.165) is 28.7 Å². The number of hydrogen-bond donors (Lipinski definition) is 0. The van der Waals surface area contributed by atoms with Crippen molar-refractivity contribution in [1.29, 1.82) is 0 Å². The van der Waals surface area contributed by atoms with Crippen LogP contribution in [0.15, 0.2) is 77.3 Å². The molecule has 38 heavy (non-hydrogen) atoms. The molecule has 0 saturated heterocycles. The Morgan fingerprint density at radius 2 is 1.53 bits per heavy atom. The fraction of sp³-hybridized carbons (Fsp3) is 0.258. The summed E-state index contributed by atoms with van der Waals surface area (Å²) < 4.78 is 30.1. The van der Waals surface area contributed by atoms with Gasteiger partial charge < -0.3 is 14.0 Å². The number of rotatable bonds is 10. The van der Waals surface area contributed by atoms with Gasteiger partial charge in [-0.1, -0.05) is 71.9 Å². The van der Waals surface area contributed by atoms with Gasteiger partial charge >= 0.3 is 11.9 Å². The van der Waals surface area contributed by atoms with Gasteiger partial charge in [-0.15, -0.1) is 0 Å². The molecule has 0 fully saturated rings. The van der Waals surface area contributed by atoms with Crippen LogP contribution in [0, 0.1) is 12.7 Å². The summed E-state index contributed by atoms with van der Waals surface area (Å²) in [5.74, 6) is -0.628. The summed E-state index contributed by atoms with van der Waals surface area (Å²) >= 11 is 0. The van der Waals surface area contributed by atoms with Gasteiger partial charge in [0, 0.05) is 16.7 Å². The quantitative estimate of drug-likeness (QED) is 0.230. The number of hydrogen-bond acceptors (Lipinski definition) is 6. The summed E-state index contributed by atoms with van der Waals surface area (Å²) in [6.07, 6.45) is 0.231. The molecule has 196 valence electrons. The molecule has 3 aromatic carbocycles. The first kappa shape index (κ1) is 26.8. The van der Waals surface area contributed by atoms with Crippen molar-refractivity contribution in [2.24, 2.45) is 0 Å². The standard InChI is InChI=1S/C31H30FNO5/c1-4-36-29(34)18-24-11-9-22(10-12-24)17-23-13-15-25(16-14-23)31-27(20(2)33-38-31)19-30(35)37-21(3)26-7-5-6-8-28(26)32/h5-16,21H,4,17-19H2,1-3H3/t21-/m1/s1. The monoisotopic (exact) mass is 515 g/mol. The van der Waals surface area contributed by atoms with Crippen molar-refractivity contribution in [3.63, 3.8) is 0 Å². The summed E-state index contributed by atoms with van der Waals surface area (Å²) in [5.41, 5.74) is 5.49. The van der Waals surface area contributed by atoms with Gasteiger partial charge in [0.2, 0.25) is 0 Å². The molecule has 0 bridgehead atoms. The maximum absolute atomic E-state index is 14.0.